The molecule has 0 radical (unpaired) electrons. The summed E-state index contributed by atoms with van der Waals surface area (Å²) in [6, 6.07) is 6.84. The molecule has 120 valence electrons. The molecule has 2 aromatic rings. The van der Waals surface area contributed by atoms with Gasteiger partial charge in [0.05, 0.1) is 15.6 Å². The molecule has 1 aromatic heterocycles. The van der Waals surface area contributed by atoms with E-state index in [0.717, 1.165) is 16.3 Å². The van der Waals surface area contributed by atoms with Crippen LogP contribution >= 0.6 is 11.3 Å². The quantitative estimate of drug-likeness (QED) is 0.910. The van der Waals surface area contributed by atoms with Crippen LogP contribution in [0.3, 0.4) is 0 Å². The fraction of sp³-hybridized carbons (Fsp3) is 0.438. The van der Waals surface area contributed by atoms with E-state index in [9.17, 15) is 8.42 Å². The van der Waals surface area contributed by atoms with E-state index >= 15 is 0 Å². The van der Waals surface area contributed by atoms with E-state index in [0.29, 0.717) is 17.9 Å². The lowest BCUT2D eigenvalue weighted by Crippen LogP contribution is -2.26. The monoisotopic (exact) mass is 338 g/mol. The van der Waals surface area contributed by atoms with Gasteiger partial charge in [-0.2, -0.15) is 0 Å². The number of nitrogens with zero attached hydrogens (tertiary/aromatic N) is 1. The predicted molar refractivity (Wildman–Crippen MR) is 90.9 cm³/mol. The minimum atomic E-state index is -3.44. The second-order valence-electron chi connectivity index (χ2n) is 6.34. The fourth-order valence-electron chi connectivity index (χ4n) is 1.86. The summed E-state index contributed by atoms with van der Waals surface area (Å²) in [6.07, 6.45) is 0.603. The summed E-state index contributed by atoms with van der Waals surface area (Å²) in [7, 11) is -3.44. The third-order valence-electron chi connectivity index (χ3n) is 3.28. The molecule has 0 unspecified atom stereocenters. The van der Waals surface area contributed by atoms with Crippen molar-refractivity contribution in [1.29, 1.82) is 0 Å². The first-order chi connectivity index (χ1) is 10.2. The molecule has 2 rings (SSSR count). The molecule has 0 saturated heterocycles. The normalized spacial score (nSPS) is 12.5. The first kappa shape index (κ1) is 17.1. The van der Waals surface area contributed by atoms with Crippen molar-refractivity contribution in [2.75, 3.05) is 6.54 Å². The van der Waals surface area contributed by atoms with Gasteiger partial charge < -0.3 is 0 Å². The maximum atomic E-state index is 12.2. The maximum Gasteiger partial charge on any atom is 0.240 e. The van der Waals surface area contributed by atoms with Crippen molar-refractivity contribution in [2.24, 2.45) is 0 Å². The third-order valence-corrected chi connectivity index (χ3v) is 5.67. The first-order valence-corrected chi connectivity index (χ1v) is 9.56. The summed E-state index contributed by atoms with van der Waals surface area (Å²) < 4.78 is 27.0. The lowest BCUT2D eigenvalue weighted by atomic mass is 9.93. The van der Waals surface area contributed by atoms with Gasteiger partial charge in [0.25, 0.3) is 0 Å². The van der Waals surface area contributed by atoms with Crippen LogP contribution in [0.2, 0.25) is 0 Å². The van der Waals surface area contributed by atoms with Crippen LogP contribution in [0.15, 0.2) is 34.5 Å². The zero-order chi connectivity index (χ0) is 16.4. The van der Waals surface area contributed by atoms with Crippen molar-refractivity contribution in [3.63, 3.8) is 0 Å². The van der Waals surface area contributed by atoms with E-state index in [4.69, 9.17) is 0 Å². The molecule has 22 heavy (non-hydrogen) atoms. The number of nitrogens with one attached hydrogen (secondary N) is 1. The summed E-state index contributed by atoms with van der Waals surface area (Å²) in [5.41, 5.74) is 2.11. The van der Waals surface area contributed by atoms with Crippen molar-refractivity contribution in [2.45, 2.75) is 44.4 Å². The van der Waals surface area contributed by atoms with Gasteiger partial charge in [-0.3, -0.25) is 0 Å². The minimum absolute atomic E-state index is 0.0240. The Morgan fingerprint density at radius 1 is 1.18 bits per heavy atom. The van der Waals surface area contributed by atoms with E-state index in [1.165, 1.54) is 0 Å². The van der Waals surface area contributed by atoms with Crippen LogP contribution in [0.5, 0.6) is 0 Å². The third kappa shape index (κ3) is 4.38. The summed E-state index contributed by atoms with van der Waals surface area (Å²) in [5, 5.41) is 3.00. The molecule has 0 spiro atoms. The van der Waals surface area contributed by atoms with Crippen molar-refractivity contribution in [3.05, 3.63) is 45.9 Å². The number of hydrogen-bond donors (Lipinski definition) is 1. The second kappa shape index (κ2) is 6.48. The van der Waals surface area contributed by atoms with Crippen molar-refractivity contribution in [1.82, 2.24) is 9.71 Å². The van der Waals surface area contributed by atoms with Gasteiger partial charge in [0.15, 0.2) is 0 Å². The SMILES string of the molecule is Cc1ccc(S(=O)(=O)NCCc2nc(C(C)(C)C)cs2)cc1. The smallest absolute Gasteiger partial charge is 0.240 e. The Kier molecular flexibility index (Phi) is 5.04. The summed E-state index contributed by atoms with van der Waals surface area (Å²) in [4.78, 5) is 4.87. The Hall–Kier alpha value is -1.24. The fourth-order valence-corrected chi connectivity index (χ4v) is 3.92. The standard InChI is InChI=1S/C16H22N2O2S2/c1-12-5-7-13(8-6-12)22(19,20)17-10-9-15-18-14(11-21-15)16(2,3)4/h5-8,11,17H,9-10H2,1-4H3. The van der Waals surface area contributed by atoms with Crippen LogP contribution in [0.25, 0.3) is 0 Å². The highest BCUT2D eigenvalue weighted by molar-refractivity contribution is 7.89. The molecule has 1 heterocycles. The number of sulfonamides is 1. The Morgan fingerprint density at radius 2 is 1.82 bits per heavy atom. The predicted octanol–water partition coefficient (Wildman–Crippen LogP) is 3.27. The number of benzene rings is 1. The Balaban J connectivity index is 1.95. The van der Waals surface area contributed by atoms with Gasteiger partial charge in [-0.1, -0.05) is 38.5 Å². The molecular weight excluding hydrogens is 316 g/mol. The molecule has 0 fully saturated rings. The lowest BCUT2D eigenvalue weighted by Gasteiger charge is -2.14. The molecule has 0 aliphatic carbocycles. The molecule has 0 amide bonds. The average molecular weight is 338 g/mol. The van der Waals surface area contributed by atoms with Gasteiger partial charge >= 0.3 is 0 Å². The molecule has 4 nitrogen and oxygen atoms in total. The van der Waals surface area contributed by atoms with Gasteiger partial charge in [0.2, 0.25) is 10.0 Å². The van der Waals surface area contributed by atoms with Crippen LogP contribution in [-0.4, -0.2) is 19.9 Å². The van der Waals surface area contributed by atoms with Crippen LogP contribution < -0.4 is 4.72 Å². The molecular formula is C16H22N2O2S2. The second-order valence-corrected chi connectivity index (χ2v) is 9.05. The number of aromatic nitrogens is 1. The summed E-state index contributed by atoms with van der Waals surface area (Å²) >= 11 is 1.58. The van der Waals surface area contributed by atoms with Crippen LogP contribution in [0.1, 0.15) is 37.0 Å². The number of thiazole rings is 1. The van der Waals surface area contributed by atoms with Gasteiger partial charge in [-0.05, 0) is 19.1 Å². The molecule has 1 aromatic carbocycles. The zero-order valence-electron chi connectivity index (χ0n) is 13.4. The largest absolute Gasteiger partial charge is 0.246 e. The van der Waals surface area contributed by atoms with Crippen LogP contribution in [0, 0.1) is 6.92 Å². The first-order valence-electron chi connectivity index (χ1n) is 7.20. The summed E-state index contributed by atoms with van der Waals surface area (Å²) in [6.45, 7) is 8.64. The molecule has 0 atom stereocenters. The van der Waals surface area contributed by atoms with Crippen molar-refractivity contribution < 1.29 is 8.42 Å². The highest BCUT2D eigenvalue weighted by atomic mass is 32.2. The molecule has 0 saturated carbocycles. The van der Waals surface area contributed by atoms with Crippen molar-refractivity contribution in [3.8, 4) is 0 Å². The van der Waals surface area contributed by atoms with Crippen LogP contribution in [-0.2, 0) is 21.9 Å². The highest BCUT2D eigenvalue weighted by Gasteiger charge is 2.18. The van der Waals surface area contributed by atoms with E-state index < -0.39 is 10.0 Å². The maximum absolute atomic E-state index is 12.2. The Morgan fingerprint density at radius 3 is 2.36 bits per heavy atom. The molecule has 6 heteroatoms. The average Bonchev–Trinajstić information content (AvgIpc) is 2.88. The highest BCUT2D eigenvalue weighted by Crippen LogP contribution is 2.24. The number of rotatable bonds is 5. The molecule has 1 N–H and O–H groups in total. The minimum Gasteiger partial charge on any atom is -0.246 e. The van der Waals surface area contributed by atoms with Gasteiger partial charge in [0.1, 0.15) is 0 Å². The van der Waals surface area contributed by atoms with Gasteiger partial charge in [-0.15, -0.1) is 11.3 Å². The molecule has 0 bridgehead atoms. The van der Waals surface area contributed by atoms with E-state index in [2.05, 4.69) is 30.5 Å². The number of hydrogen-bond acceptors (Lipinski definition) is 4. The lowest BCUT2D eigenvalue weighted by molar-refractivity contribution is 0.569. The van der Waals surface area contributed by atoms with Crippen molar-refractivity contribution >= 4 is 21.4 Å². The van der Waals surface area contributed by atoms with E-state index in [1.807, 2.05) is 12.3 Å². The topological polar surface area (TPSA) is 59.1 Å². The van der Waals surface area contributed by atoms with Gasteiger partial charge in [-0.25, -0.2) is 18.1 Å². The van der Waals surface area contributed by atoms with E-state index in [-0.39, 0.29) is 5.41 Å². The zero-order valence-corrected chi connectivity index (χ0v) is 15.0. The van der Waals surface area contributed by atoms with Crippen LogP contribution in [0.4, 0.5) is 0 Å². The summed E-state index contributed by atoms with van der Waals surface area (Å²) in [5.74, 6) is 0. The Bertz CT molecular complexity index is 726. The Labute approximate surface area is 136 Å². The number of aryl methyl sites for hydroxylation is 1. The molecule has 0 aliphatic heterocycles. The van der Waals surface area contributed by atoms with Gasteiger partial charge in [0, 0.05) is 23.8 Å². The molecule has 0 aliphatic rings. The van der Waals surface area contributed by atoms with E-state index in [1.54, 1.807) is 35.6 Å².